The van der Waals surface area contributed by atoms with Crippen molar-refractivity contribution in [2.24, 2.45) is 0 Å². The number of pyridine rings is 2. The lowest BCUT2D eigenvalue weighted by atomic mass is 10.1. The molecule has 0 bridgehead atoms. The average molecular weight is 426 g/mol. The summed E-state index contributed by atoms with van der Waals surface area (Å²) < 4.78 is 56.2. The molecule has 0 aliphatic heterocycles. The molecule has 3 rings (SSSR count). The molecule has 1 aromatic carbocycles. The first kappa shape index (κ1) is 20.5. The van der Waals surface area contributed by atoms with Crippen LogP contribution in [0.5, 0.6) is 5.88 Å². The molecule has 0 saturated carbocycles. The number of benzene rings is 1. The van der Waals surface area contributed by atoms with E-state index in [2.05, 4.69) is 15.3 Å². The van der Waals surface area contributed by atoms with E-state index < -0.39 is 24.5 Å². The van der Waals surface area contributed by atoms with Crippen LogP contribution in [0.15, 0.2) is 55.0 Å². The van der Waals surface area contributed by atoms with Gasteiger partial charge in [0.15, 0.2) is 6.61 Å². The Morgan fingerprint density at radius 1 is 1.17 bits per heavy atom. The van der Waals surface area contributed by atoms with Crippen LogP contribution >= 0.6 is 11.6 Å². The predicted molar refractivity (Wildman–Crippen MR) is 98.4 cm³/mol. The highest BCUT2D eigenvalue weighted by Crippen LogP contribution is 2.33. The topological polar surface area (TPSA) is 64.1 Å². The summed E-state index contributed by atoms with van der Waals surface area (Å²) in [5.41, 5.74) is 0.662. The lowest BCUT2D eigenvalue weighted by molar-refractivity contribution is -0.154. The highest BCUT2D eigenvalue weighted by atomic mass is 35.5. The van der Waals surface area contributed by atoms with Crippen LogP contribution in [0, 0.1) is 5.82 Å². The summed E-state index contributed by atoms with van der Waals surface area (Å²) in [6.07, 6.45) is -0.607. The molecule has 0 radical (unpaired) electrons. The first-order valence-electron chi connectivity index (χ1n) is 8.09. The van der Waals surface area contributed by atoms with Gasteiger partial charge in [-0.25, -0.2) is 9.37 Å². The molecule has 0 saturated heterocycles. The second kappa shape index (κ2) is 8.44. The molecule has 0 aliphatic carbocycles. The normalized spacial score (nSPS) is 11.2. The molecular formula is C19H12ClF4N3O2. The van der Waals surface area contributed by atoms with Crippen molar-refractivity contribution < 1.29 is 27.1 Å². The Morgan fingerprint density at radius 2 is 1.97 bits per heavy atom. The fourth-order valence-electron chi connectivity index (χ4n) is 2.36. The van der Waals surface area contributed by atoms with Crippen LogP contribution < -0.4 is 10.1 Å². The van der Waals surface area contributed by atoms with Gasteiger partial charge in [0, 0.05) is 18.0 Å². The van der Waals surface area contributed by atoms with Gasteiger partial charge in [-0.3, -0.25) is 9.78 Å². The van der Waals surface area contributed by atoms with E-state index in [4.69, 9.17) is 16.3 Å². The van der Waals surface area contributed by atoms with Crippen molar-refractivity contribution in [3.05, 3.63) is 71.4 Å². The second-order valence-electron chi connectivity index (χ2n) is 5.81. The molecule has 2 aromatic heterocycles. The number of amides is 1. The Kier molecular flexibility index (Phi) is 5.97. The molecule has 1 N–H and O–H groups in total. The van der Waals surface area contributed by atoms with Crippen LogP contribution in [-0.4, -0.2) is 28.7 Å². The molecule has 0 unspecified atom stereocenters. The molecular weight excluding hydrogens is 414 g/mol. The molecule has 5 nitrogen and oxygen atoms in total. The Bertz CT molecular complexity index is 1030. The molecule has 10 heteroatoms. The Balaban J connectivity index is 1.95. The maximum Gasteiger partial charge on any atom is 0.422 e. The van der Waals surface area contributed by atoms with Gasteiger partial charge < -0.3 is 10.1 Å². The van der Waals surface area contributed by atoms with Gasteiger partial charge in [-0.1, -0.05) is 17.7 Å². The van der Waals surface area contributed by atoms with E-state index in [0.29, 0.717) is 0 Å². The van der Waals surface area contributed by atoms with E-state index in [1.54, 1.807) is 6.07 Å². The Hall–Kier alpha value is -3.20. The van der Waals surface area contributed by atoms with Gasteiger partial charge in [0.25, 0.3) is 5.91 Å². The van der Waals surface area contributed by atoms with Crippen LogP contribution in [0.2, 0.25) is 5.02 Å². The molecule has 150 valence electrons. The van der Waals surface area contributed by atoms with E-state index in [-0.39, 0.29) is 33.3 Å². The summed E-state index contributed by atoms with van der Waals surface area (Å²) in [7, 11) is 0. The SMILES string of the molecule is O=C(Nc1cnc(OCC(F)(F)F)c(-c2ccc(Cl)c(F)c2)c1)c1cccnc1. The summed E-state index contributed by atoms with van der Waals surface area (Å²) in [6, 6.07) is 8.12. The van der Waals surface area contributed by atoms with E-state index in [9.17, 15) is 22.4 Å². The fourth-order valence-corrected chi connectivity index (χ4v) is 2.47. The zero-order chi connectivity index (χ0) is 21.0. The zero-order valence-electron chi connectivity index (χ0n) is 14.5. The summed E-state index contributed by atoms with van der Waals surface area (Å²) in [5, 5.41) is 2.40. The minimum atomic E-state index is -4.59. The quantitative estimate of drug-likeness (QED) is 0.576. The van der Waals surface area contributed by atoms with E-state index >= 15 is 0 Å². The van der Waals surface area contributed by atoms with Crippen molar-refractivity contribution in [1.82, 2.24) is 9.97 Å². The second-order valence-corrected chi connectivity index (χ2v) is 6.21. The number of anilines is 1. The molecule has 0 aliphatic rings. The van der Waals surface area contributed by atoms with Crippen molar-refractivity contribution in [2.75, 3.05) is 11.9 Å². The van der Waals surface area contributed by atoms with Crippen molar-refractivity contribution in [3.63, 3.8) is 0 Å². The van der Waals surface area contributed by atoms with Crippen LogP contribution in [0.3, 0.4) is 0 Å². The lowest BCUT2D eigenvalue weighted by Crippen LogP contribution is -2.20. The number of ether oxygens (including phenoxy) is 1. The third-order valence-corrected chi connectivity index (χ3v) is 3.94. The average Bonchev–Trinajstić information content (AvgIpc) is 2.69. The highest BCUT2D eigenvalue weighted by Gasteiger charge is 2.29. The Morgan fingerprint density at radius 3 is 2.62 bits per heavy atom. The van der Waals surface area contributed by atoms with Crippen molar-refractivity contribution in [3.8, 4) is 17.0 Å². The van der Waals surface area contributed by atoms with Crippen LogP contribution in [0.4, 0.5) is 23.2 Å². The number of aromatic nitrogens is 2. The van der Waals surface area contributed by atoms with E-state index in [1.807, 2.05) is 0 Å². The van der Waals surface area contributed by atoms with E-state index in [1.165, 1.54) is 36.7 Å². The standard InChI is InChI=1S/C19H12ClF4N3O2/c20-15-4-3-11(6-16(15)21)14-7-13(9-26-18(14)29-10-19(22,23)24)27-17(28)12-2-1-5-25-8-12/h1-9H,10H2,(H,27,28). The minimum Gasteiger partial charge on any atom is -0.468 e. The van der Waals surface area contributed by atoms with Gasteiger partial charge in [0.05, 0.1) is 22.5 Å². The summed E-state index contributed by atoms with van der Waals surface area (Å²) in [4.78, 5) is 20.0. The summed E-state index contributed by atoms with van der Waals surface area (Å²) >= 11 is 5.66. The van der Waals surface area contributed by atoms with Crippen LogP contribution in [-0.2, 0) is 0 Å². The van der Waals surface area contributed by atoms with Crippen LogP contribution in [0.25, 0.3) is 11.1 Å². The minimum absolute atomic E-state index is 0.0498. The molecule has 0 atom stereocenters. The third-order valence-electron chi connectivity index (χ3n) is 3.64. The number of nitrogens with one attached hydrogen (secondary N) is 1. The van der Waals surface area contributed by atoms with Gasteiger partial charge in [-0.15, -0.1) is 0 Å². The number of halogens is 5. The highest BCUT2D eigenvalue weighted by molar-refractivity contribution is 6.30. The van der Waals surface area contributed by atoms with Crippen molar-refractivity contribution in [1.29, 1.82) is 0 Å². The molecule has 2 heterocycles. The number of nitrogens with zero attached hydrogens (tertiary/aromatic N) is 2. The van der Waals surface area contributed by atoms with Crippen LogP contribution in [0.1, 0.15) is 10.4 Å². The summed E-state index contributed by atoms with van der Waals surface area (Å²) in [6.45, 7) is -1.58. The van der Waals surface area contributed by atoms with Gasteiger partial charge in [-0.05, 0) is 35.9 Å². The largest absolute Gasteiger partial charge is 0.468 e. The van der Waals surface area contributed by atoms with Gasteiger partial charge >= 0.3 is 6.18 Å². The fraction of sp³-hybridized carbons (Fsp3) is 0.105. The lowest BCUT2D eigenvalue weighted by Gasteiger charge is -2.14. The zero-order valence-corrected chi connectivity index (χ0v) is 15.3. The van der Waals surface area contributed by atoms with Crippen molar-refractivity contribution >= 4 is 23.2 Å². The maximum atomic E-state index is 13.9. The number of hydrogen-bond acceptors (Lipinski definition) is 4. The third kappa shape index (κ3) is 5.41. The Labute approximate surface area is 167 Å². The number of alkyl halides is 3. The summed E-state index contributed by atoms with van der Waals surface area (Å²) in [5.74, 6) is -1.64. The molecule has 0 spiro atoms. The maximum absolute atomic E-state index is 13.9. The monoisotopic (exact) mass is 425 g/mol. The molecule has 1 amide bonds. The van der Waals surface area contributed by atoms with Gasteiger partial charge in [0.1, 0.15) is 5.82 Å². The van der Waals surface area contributed by atoms with Gasteiger partial charge in [-0.2, -0.15) is 13.2 Å². The number of carbonyl (C=O) groups is 1. The van der Waals surface area contributed by atoms with E-state index in [0.717, 1.165) is 12.3 Å². The number of carbonyl (C=O) groups excluding carboxylic acids is 1. The van der Waals surface area contributed by atoms with Gasteiger partial charge in [0.2, 0.25) is 5.88 Å². The molecule has 0 fully saturated rings. The first-order valence-corrected chi connectivity index (χ1v) is 8.47. The smallest absolute Gasteiger partial charge is 0.422 e. The predicted octanol–water partition coefficient (Wildman–Crippen LogP) is 5.13. The first-order chi connectivity index (χ1) is 13.7. The number of rotatable bonds is 5. The molecule has 3 aromatic rings. The number of hydrogen-bond donors (Lipinski definition) is 1. The molecule has 29 heavy (non-hydrogen) atoms. The van der Waals surface area contributed by atoms with Crippen molar-refractivity contribution in [2.45, 2.75) is 6.18 Å².